The molecule has 0 radical (unpaired) electrons. The van der Waals surface area contributed by atoms with Crippen LogP contribution < -0.4 is 10.2 Å². The van der Waals surface area contributed by atoms with E-state index in [-0.39, 0.29) is 36.7 Å². The predicted molar refractivity (Wildman–Crippen MR) is 109 cm³/mol. The highest BCUT2D eigenvalue weighted by atomic mass is 35.5. The van der Waals surface area contributed by atoms with Crippen LogP contribution in [0.25, 0.3) is 0 Å². The average molecular weight is 453 g/mol. The average Bonchev–Trinajstić information content (AvgIpc) is 2.75. The van der Waals surface area contributed by atoms with Crippen LogP contribution in [0.5, 0.6) is 11.5 Å². The molecule has 0 aliphatic carbocycles. The van der Waals surface area contributed by atoms with E-state index < -0.39 is 20.5 Å². The number of rotatable bonds is 5. The van der Waals surface area contributed by atoms with E-state index in [9.17, 15) is 23.2 Å². The normalized spacial score (nSPS) is 16.0. The molecule has 30 heavy (non-hydrogen) atoms. The van der Waals surface area contributed by atoms with Crippen molar-refractivity contribution in [1.29, 1.82) is 0 Å². The van der Waals surface area contributed by atoms with Crippen molar-refractivity contribution in [2.75, 3.05) is 13.1 Å². The van der Waals surface area contributed by atoms with Crippen LogP contribution in [-0.2, 0) is 19.4 Å². The molecule has 0 saturated carbocycles. The van der Waals surface area contributed by atoms with Gasteiger partial charge in [0, 0.05) is 25.0 Å². The summed E-state index contributed by atoms with van der Waals surface area (Å²) in [5.74, 6) is -0.271. The minimum absolute atomic E-state index is 0.0779. The molecule has 2 aromatic carbocycles. The summed E-state index contributed by atoms with van der Waals surface area (Å²) in [5, 5.41) is 9.75. The molecule has 0 spiro atoms. The van der Waals surface area contributed by atoms with Crippen molar-refractivity contribution in [3.05, 3.63) is 53.6 Å². The summed E-state index contributed by atoms with van der Waals surface area (Å²) in [6.07, 6.45) is -0.241. The molecule has 0 atom stereocenters. The van der Waals surface area contributed by atoms with E-state index >= 15 is 0 Å². The van der Waals surface area contributed by atoms with Gasteiger partial charge < -0.3 is 9.64 Å². The van der Waals surface area contributed by atoms with Crippen molar-refractivity contribution in [1.82, 2.24) is 10.4 Å². The van der Waals surface area contributed by atoms with Gasteiger partial charge >= 0.3 is 0 Å². The molecule has 160 valence electrons. The highest BCUT2D eigenvalue weighted by molar-refractivity contribution is 7.93. The third kappa shape index (κ3) is 4.14. The number of halogens is 1. The monoisotopic (exact) mass is 452 g/mol. The Morgan fingerprint density at radius 3 is 2.00 bits per heavy atom. The maximum absolute atomic E-state index is 13.4. The van der Waals surface area contributed by atoms with Crippen molar-refractivity contribution >= 4 is 33.3 Å². The van der Waals surface area contributed by atoms with E-state index in [1.807, 2.05) is 0 Å². The number of nitrogens with one attached hydrogen (secondary N) is 1. The SMILES string of the molecule is CC(=O)N1CCC(C(=O)NO)(S(=O)(=O)c2ccc(Oc3ccc(Cl)cc3)cc2)CC1. The molecule has 2 N–H and O–H groups in total. The van der Waals surface area contributed by atoms with E-state index in [0.717, 1.165) is 0 Å². The third-order valence-electron chi connectivity index (χ3n) is 5.23. The van der Waals surface area contributed by atoms with E-state index in [1.54, 1.807) is 24.3 Å². The lowest BCUT2D eigenvalue weighted by Gasteiger charge is -2.39. The number of benzene rings is 2. The fraction of sp³-hybridized carbons (Fsp3) is 0.300. The number of sulfone groups is 1. The fourth-order valence-corrected chi connectivity index (χ4v) is 5.53. The van der Waals surface area contributed by atoms with Gasteiger partial charge in [-0.2, -0.15) is 0 Å². The first-order valence-corrected chi connectivity index (χ1v) is 11.0. The lowest BCUT2D eigenvalue weighted by molar-refractivity contribution is -0.136. The number of amides is 2. The van der Waals surface area contributed by atoms with Crippen molar-refractivity contribution < 1.29 is 28.0 Å². The second-order valence-corrected chi connectivity index (χ2v) is 9.67. The van der Waals surface area contributed by atoms with Crippen LogP contribution in [0.15, 0.2) is 53.4 Å². The molecule has 1 heterocycles. The van der Waals surface area contributed by atoms with Gasteiger partial charge in [-0.1, -0.05) is 11.6 Å². The van der Waals surface area contributed by atoms with Crippen LogP contribution in [-0.4, -0.2) is 48.2 Å². The summed E-state index contributed by atoms with van der Waals surface area (Å²) < 4.78 is 30.5. The van der Waals surface area contributed by atoms with Crippen molar-refractivity contribution in [3.8, 4) is 11.5 Å². The molecular formula is C20H21ClN2O6S. The van der Waals surface area contributed by atoms with Gasteiger partial charge in [0.1, 0.15) is 11.5 Å². The summed E-state index contributed by atoms with van der Waals surface area (Å²) in [4.78, 5) is 25.4. The summed E-state index contributed by atoms with van der Waals surface area (Å²) in [7, 11) is -4.16. The summed E-state index contributed by atoms with van der Waals surface area (Å²) in [6, 6.07) is 12.4. The minimum atomic E-state index is -4.16. The molecule has 0 bridgehead atoms. The Morgan fingerprint density at radius 2 is 1.53 bits per heavy atom. The highest BCUT2D eigenvalue weighted by Crippen LogP contribution is 2.37. The topological polar surface area (TPSA) is 113 Å². The van der Waals surface area contributed by atoms with Crippen LogP contribution in [0.2, 0.25) is 5.02 Å². The zero-order valence-corrected chi connectivity index (χ0v) is 17.7. The molecule has 2 amide bonds. The number of carbonyl (C=O) groups excluding carboxylic acids is 2. The summed E-state index contributed by atoms with van der Waals surface area (Å²) in [5.41, 5.74) is 1.49. The van der Waals surface area contributed by atoms with Crippen molar-refractivity contribution in [2.45, 2.75) is 29.4 Å². The first kappa shape index (κ1) is 22.1. The molecule has 8 nitrogen and oxygen atoms in total. The molecule has 1 fully saturated rings. The molecular weight excluding hydrogens is 432 g/mol. The Morgan fingerprint density at radius 1 is 1.03 bits per heavy atom. The molecule has 1 saturated heterocycles. The molecule has 2 aromatic rings. The number of hydrogen-bond acceptors (Lipinski definition) is 6. The van der Waals surface area contributed by atoms with Gasteiger partial charge in [-0.25, -0.2) is 13.9 Å². The van der Waals surface area contributed by atoms with E-state index in [4.69, 9.17) is 16.3 Å². The van der Waals surface area contributed by atoms with Gasteiger partial charge in [-0.3, -0.25) is 14.8 Å². The lowest BCUT2D eigenvalue weighted by atomic mass is 9.95. The first-order chi connectivity index (χ1) is 14.2. The molecule has 0 aromatic heterocycles. The largest absolute Gasteiger partial charge is 0.457 e. The second-order valence-electron chi connectivity index (χ2n) is 6.97. The van der Waals surface area contributed by atoms with Gasteiger partial charge in [-0.05, 0) is 61.4 Å². The predicted octanol–water partition coefficient (Wildman–Crippen LogP) is 2.79. The number of piperidine rings is 1. The van der Waals surface area contributed by atoms with Gasteiger partial charge in [0.05, 0.1) is 4.90 Å². The Labute approximate surface area is 179 Å². The Hall–Kier alpha value is -2.62. The Balaban J connectivity index is 1.87. The van der Waals surface area contributed by atoms with E-state index in [1.165, 1.54) is 41.6 Å². The molecule has 0 unspecified atom stereocenters. The minimum Gasteiger partial charge on any atom is -0.457 e. The zero-order valence-electron chi connectivity index (χ0n) is 16.2. The third-order valence-corrected chi connectivity index (χ3v) is 8.00. The quantitative estimate of drug-likeness (QED) is 0.532. The molecule has 10 heteroatoms. The van der Waals surface area contributed by atoms with Gasteiger partial charge in [0.25, 0.3) is 5.91 Å². The van der Waals surface area contributed by atoms with Crippen LogP contribution in [0.3, 0.4) is 0 Å². The fourth-order valence-electron chi connectivity index (χ4n) is 3.45. The van der Waals surface area contributed by atoms with Crippen LogP contribution in [0, 0.1) is 0 Å². The molecule has 3 rings (SSSR count). The summed E-state index contributed by atoms with van der Waals surface area (Å²) >= 11 is 5.84. The van der Waals surface area contributed by atoms with Crippen LogP contribution >= 0.6 is 11.6 Å². The number of hydrogen-bond donors (Lipinski definition) is 2. The van der Waals surface area contributed by atoms with Gasteiger partial charge in [0.15, 0.2) is 14.6 Å². The Kier molecular flexibility index (Phi) is 6.35. The summed E-state index contributed by atoms with van der Waals surface area (Å²) in [6.45, 7) is 1.58. The number of ether oxygens (including phenoxy) is 1. The van der Waals surface area contributed by atoms with Crippen LogP contribution in [0.1, 0.15) is 19.8 Å². The van der Waals surface area contributed by atoms with Crippen molar-refractivity contribution in [3.63, 3.8) is 0 Å². The van der Waals surface area contributed by atoms with Crippen LogP contribution in [0.4, 0.5) is 0 Å². The number of nitrogens with zero attached hydrogens (tertiary/aromatic N) is 1. The van der Waals surface area contributed by atoms with Crippen molar-refractivity contribution in [2.24, 2.45) is 0 Å². The smallest absolute Gasteiger partial charge is 0.265 e. The molecule has 1 aliphatic rings. The van der Waals surface area contributed by atoms with E-state index in [2.05, 4.69) is 0 Å². The zero-order chi connectivity index (χ0) is 21.9. The number of carbonyl (C=O) groups is 2. The first-order valence-electron chi connectivity index (χ1n) is 9.18. The number of likely N-dealkylation sites (tertiary alicyclic amines) is 1. The maximum Gasteiger partial charge on any atom is 0.265 e. The van der Waals surface area contributed by atoms with Gasteiger partial charge in [0.2, 0.25) is 5.91 Å². The maximum atomic E-state index is 13.4. The second kappa shape index (κ2) is 8.63. The number of hydroxylamine groups is 1. The standard InChI is InChI=1S/C20H21ClN2O6S/c1-14(24)23-12-10-20(11-13-23,19(25)22-26)30(27,28)18-8-6-17(7-9-18)29-16-4-2-15(21)3-5-16/h2-9,26H,10-13H2,1H3,(H,22,25). The Bertz CT molecular complexity index is 1030. The van der Waals surface area contributed by atoms with Gasteiger partial charge in [-0.15, -0.1) is 0 Å². The molecule has 1 aliphatic heterocycles. The highest BCUT2D eigenvalue weighted by Gasteiger charge is 2.53. The van der Waals surface area contributed by atoms with E-state index in [0.29, 0.717) is 16.5 Å². The lowest BCUT2D eigenvalue weighted by Crippen LogP contribution is -2.58.